The van der Waals surface area contributed by atoms with E-state index in [-0.39, 0.29) is 18.1 Å². The monoisotopic (exact) mass is 356 g/mol. The summed E-state index contributed by atoms with van der Waals surface area (Å²) < 4.78 is 33.4. The van der Waals surface area contributed by atoms with Crippen molar-refractivity contribution in [2.75, 3.05) is 0 Å². The maximum Gasteiger partial charge on any atom is 0.287 e. The second-order valence-corrected chi connectivity index (χ2v) is 5.33. The van der Waals surface area contributed by atoms with Crippen LogP contribution in [0.15, 0.2) is 52.4 Å². The maximum atomic E-state index is 13.9. The number of pyridine rings is 1. The first-order valence-corrected chi connectivity index (χ1v) is 7.44. The largest absolute Gasteiger partial charge is 0.364 e. The van der Waals surface area contributed by atoms with Crippen LogP contribution in [-0.4, -0.2) is 29.9 Å². The third kappa shape index (κ3) is 2.88. The third-order valence-corrected chi connectivity index (χ3v) is 3.66. The van der Waals surface area contributed by atoms with Crippen LogP contribution in [-0.2, 0) is 6.54 Å². The fourth-order valence-corrected chi connectivity index (χ4v) is 2.41. The van der Waals surface area contributed by atoms with Gasteiger partial charge in [0, 0.05) is 17.8 Å². The molecule has 1 N–H and O–H groups in total. The smallest absolute Gasteiger partial charge is 0.287 e. The van der Waals surface area contributed by atoms with Crippen LogP contribution in [0.4, 0.5) is 8.78 Å². The Labute approximate surface area is 144 Å². The molecular formula is C16H10F2N6O2. The maximum absolute atomic E-state index is 13.9. The van der Waals surface area contributed by atoms with Crippen LogP contribution >= 0.6 is 0 Å². The van der Waals surface area contributed by atoms with Crippen LogP contribution in [0, 0.1) is 11.6 Å². The number of rotatable bonds is 4. The standard InChI is InChI=1S/C16H10F2N6O2/c17-10-6-19-3-1-9(10)8-24-14(12-2-4-26-23-12)5-13(22-24)15-20-7-11(18)16(25)21-15/h1-7H,8H2,(H,20,21,25). The van der Waals surface area contributed by atoms with E-state index in [2.05, 4.69) is 25.2 Å². The van der Waals surface area contributed by atoms with E-state index in [1.165, 1.54) is 23.2 Å². The SMILES string of the molecule is O=c1[nH]c(-c2cc(-c3ccon3)n(Cc3ccncc3F)n2)ncc1F. The number of aromatic amines is 1. The van der Waals surface area contributed by atoms with E-state index in [9.17, 15) is 13.6 Å². The molecule has 0 aliphatic heterocycles. The lowest BCUT2D eigenvalue weighted by molar-refractivity contribution is 0.421. The van der Waals surface area contributed by atoms with Gasteiger partial charge in [0.2, 0.25) is 5.82 Å². The highest BCUT2D eigenvalue weighted by Crippen LogP contribution is 2.24. The van der Waals surface area contributed by atoms with E-state index in [1.54, 1.807) is 12.1 Å². The van der Waals surface area contributed by atoms with Gasteiger partial charge in [0.25, 0.3) is 5.56 Å². The Morgan fingerprint density at radius 2 is 2.04 bits per heavy atom. The number of hydrogen-bond donors (Lipinski definition) is 1. The van der Waals surface area contributed by atoms with Crippen molar-refractivity contribution in [3.05, 3.63) is 70.6 Å². The molecule has 4 aromatic rings. The van der Waals surface area contributed by atoms with Gasteiger partial charge in [-0.2, -0.15) is 9.49 Å². The Morgan fingerprint density at radius 3 is 2.77 bits per heavy atom. The van der Waals surface area contributed by atoms with Gasteiger partial charge in [0.1, 0.15) is 23.5 Å². The first-order valence-electron chi connectivity index (χ1n) is 7.44. The van der Waals surface area contributed by atoms with Crippen LogP contribution in [0.25, 0.3) is 22.9 Å². The Balaban J connectivity index is 1.82. The summed E-state index contributed by atoms with van der Waals surface area (Å²) in [5.74, 6) is -1.40. The number of H-pyrrole nitrogens is 1. The van der Waals surface area contributed by atoms with Gasteiger partial charge in [-0.3, -0.25) is 14.5 Å². The first kappa shape index (κ1) is 15.8. The number of nitrogens with one attached hydrogen (secondary N) is 1. The second-order valence-electron chi connectivity index (χ2n) is 5.33. The van der Waals surface area contributed by atoms with Crippen LogP contribution in [0.3, 0.4) is 0 Å². The molecule has 0 unspecified atom stereocenters. The summed E-state index contributed by atoms with van der Waals surface area (Å²) in [6.07, 6.45) is 4.77. The molecular weight excluding hydrogens is 346 g/mol. The number of halogens is 2. The lowest BCUT2D eigenvalue weighted by atomic mass is 10.2. The molecule has 0 aliphatic carbocycles. The normalized spacial score (nSPS) is 11.0. The molecule has 0 spiro atoms. The molecule has 0 fully saturated rings. The zero-order chi connectivity index (χ0) is 18.1. The summed E-state index contributed by atoms with van der Waals surface area (Å²) >= 11 is 0. The van der Waals surface area contributed by atoms with E-state index >= 15 is 0 Å². The average Bonchev–Trinajstić information content (AvgIpc) is 3.29. The minimum absolute atomic E-state index is 0.0788. The van der Waals surface area contributed by atoms with Crippen molar-refractivity contribution >= 4 is 0 Å². The Hall–Kier alpha value is -3.69. The summed E-state index contributed by atoms with van der Waals surface area (Å²) in [6.45, 7) is 0.0853. The molecule has 4 heterocycles. The van der Waals surface area contributed by atoms with Crippen molar-refractivity contribution in [1.82, 2.24) is 29.9 Å². The lowest BCUT2D eigenvalue weighted by Crippen LogP contribution is -2.12. The summed E-state index contributed by atoms with van der Waals surface area (Å²) in [5.41, 5.74) is 0.696. The van der Waals surface area contributed by atoms with Crippen molar-refractivity contribution in [2.45, 2.75) is 6.54 Å². The Kier molecular flexibility index (Phi) is 3.84. The zero-order valence-corrected chi connectivity index (χ0v) is 13.1. The third-order valence-electron chi connectivity index (χ3n) is 3.66. The highest BCUT2D eigenvalue weighted by atomic mass is 19.1. The molecule has 0 saturated heterocycles. The first-order chi connectivity index (χ1) is 12.6. The van der Waals surface area contributed by atoms with Crippen LogP contribution < -0.4 is 5.56 Å². The van der Waals surface area contributed by atoms with Crippen molar-refractivity contribution in [1.29, 1.82) is 0 Å². The predicted molar refractivity (Wildman–Crippen MR) is 84.8 cm³/mol. The number of hydrogen-bond acceptors (Lipinski definition) is 6. The molecule has 0 bridgehead atoms. The summed E-state index contributed by atoms with van der Waals surface area (Å²) in [6, 6.07) is 4.73. The quantitative estimate of drug-likeness (QED) is 0.600. The Morgan fingerprint density at radius 1 is 1.15 bits per heavy atom. The van der Waals surface area contributed by atoms with E-state index in [1.807, 2.05) is 0 Å². The van der Waals surface area contributed by atoms with Gasteiger partial charge in [-0.1, -0.05) is 5.16 Å². The molecule has 4 rings (SSSR count). The highest BCUT2D eigenvalue weighted by Gasteiger charge is 2.17. The molecule has 0 saturated carbocycles. The zero-order valence-electron chi connectivity index (χ0n) is 13.1. The van der Waals surface area contributed by atoms with Crippen molar-refractivity contribution in [3.8, 4) is 22.9 Å². The van der Waals surface area contributed by atoms with E-state index in [0.29, 0.717) is 17.0 Å². The number of nitrogens with zero attached hydrogens (tertiary/aromatic N) is 5. The fraction of sp³-hybridized carbons (Fsp3) is 0.0625. The molecule has 10 heteroatoms. The van der Waals surface area contributed by atoms with Crippen LogP contribution in [0.2, 0.25) is 0 Å². The molecule has 0 radical (unpaired) electrons. The topological polar surface area (TPSA) is 102 Å². The van der Waals surface area contributed by atoms with Gasteiger partial charge >= 0.3 is 0 Å². The summed E-state index contributed by atoms with van der Waals surface area (Å²) in [7, 11) is 0. The number of aromatic nitrogens is 6. The predicted octanol–water partition coefficient (Wildman–Crippen LogP) is 2.01. The summed E-state index contributed by atoms with van der Waals surface area (Å²) in [5, 5.41) is 8.19. The van der Waals surface area contributed by atoms with E-state index in [0.717, 1.165) is 12.4 Å². The van der Waals surface area contributed by atoms with Crippen molar-refractivity contribution in [3.63, 3.8) is 0 Å². The molecule has 0 amide bonds. The molecule has 8 nitrogen and oxygen atoms in total. The molecule has 4 aromatic heterocycles. The molecule has 26 heavy (non-hydrogen) atoms. The lowest BCUT2D eigenvalue weighted by Gasteiger charge is -2.06. The van der Waals surface area contributed by atoms with Gasteiger partial charge in [0.05, 0.1) is 24.6 Å². The van der Waals surface area contributed by atoms with Crippen LogP contribution in [0.5, 0.6) is 0 Å². The average molecular weight is 356 g/mol. The van der Waals surface area contributed by atoms with Crippen LogP contribution in [0.1, 0.15) is 5.56 Å². The highest BCUT2D eigenvalue weighted by molar-refractivity contribution is 5.62. The van der Waals surface area contributed by atoms with E-state index < -0.39 is 17.2 Å². The van der Waals surface area contributed by atoms with Gasteiger partial charge in [-0.05, 0) is 12.1 Å². The summed E-state index contributed by atoms with van der Waals surface area (Å²) in [4.78, 5) is 21.3. The Bertz CT molecular complexity index is 1120. The fourth-order valence-electron chi connectivity index (χ4n) is 2.41. The molecule has 0 atom stereocenters. The van der Waals surface area contributed by atoms with Gasteiger partial charge < -0.3 is 9.51 Å². The molecule has 0 aromatic carbocycles. The molecule has 130 valence electrons. The van der Waals surface area contributed by atoms with Gasteiger partial charge in [-0.25, -0.2) is 9.37 Å². The van der Waals surface area contributed by atoms with Crippen molar-refractivity contribution in [2.24, 2.45) is 0 Å². The minimum Gasteiger partial charge on any atom is -0.364 e. The minimum atomic E-state index is -0.997. The van der Waals surface area contributed by atoms with Gasteiger partial charge in [0.15, 0.2) is 5.82 Å². The van der Waals surface area contributed by atoms with Crippen molar-refractivity contribution < 1.29 is 13.3 Å². The molecule has 0 aliphatic rings. The van der Waals surface area contributed by atoms with E-state index in [4.69, 9.17) is 4.52 Å². The van der Waals surface area contributed by atoms with Gasteiger partial charge in [-0.15, -0.1) is 0 Å². The second kappa shape index (κ2) is 6.31.